The third kappa shape index (κ3) is 6.11. The molecule has 0 aromatic heterocycles. The fraction of sp³-hybridized carbons (Fsp3) is 0.882. The number of hydrogen-bond acceptors (Lipinski definition) is 4. The van der Waals surface area contributed by atoms with E-state index in [1.54, 1.807) is 0 Å². The molecule has 2 atom stereocenters. The summed E-state index contributed by atoms with van der Waals surface area (Å²) in [5.74, 6) is 0.888. The maximum atomic E-state index is 12.2. The lowest BCUT2D eigenvalue weighted by atomic mass is 9.87. The number of carbonyl (C=O) groups is 2. The molecule has 0 bridgehead atoms. The van der Waals surface area contributed by atoms with E-state index in [0.717, 1.165) is 25.9 Å². The lowest BCUT2D eigenvalue weighted by molar-refractivity contribution is -0.137. The Kier molecular flexibility index (Phi) is 7.30. The van der Waals surface area contributed by atoms with Gasteiger partial charge in [0.15, 0.2) is 0 Å². The summed E-state index contributed by atoms with van der Waals surface area (Å²) in [5.41, 5.74) is 0. The highest BCUT2D eigenvalue weighted by atomic mass is 16.5. The first-order valence-corrected chi connectivity index (χ1v) is 8.95. The molecule has 2 fully saturated rings. The van der Waals surface area contributed by atoms with Gasteiger partial charge in [0.1, 0.15) is 6.61 Å². The molecule has 1 saturated carbocycles. The van der Waals surface area contributed by atoms with E-state index >= 15 is 0 Å². The molecule has 23 heavy (non-hydrogen) atoms. The zero-order chi connectivity index (χ0) is 16.7. The highest BCUT2D eigenvalue weighted by Crippen LogP contribution is 2.23. The summed E-state index contributed by atoms with van der Waals surface area (Å²) in [7, 11) is 0. The molecule has 132 valence electrons. The van der Waals surface area contributed by atoms with E-state index in [0.29, 0.717) is 38.2 Å². The van der Waals surface area contributed by atoms with Gasteiger partial charge in [-0.05, 0) is 25.7 Å². The summed E-state index contributed by atoms with van der Waals surface area (Å²) in [6.07, 6.45) is 4.71. The summed E-state index contributed by atoms with van der Waals surface area (Å²) < 4.78 is 5.16. The van der Waals surface area contributed by atoms with Gasteiger partial charge >= 0.3 is 0 Å². The minimum atomic E-state index is 0.0483. The van der Waals surface area contributed by atoms with Crippen LogP contribution < -0.4 is 5.32 Å². The molecule has 0 radical (unpaired) electrons. The highest BCUT2D eigenvalue weighted by molar-refractivity contribution is 5.79. The Morgan fingerprint density at radius 2 is 1.91 bits per heavy atom. The maximum absolute atomic E-state index is 12.2. The number of hydrogen-bond donors (Lipinski definition) is 1. The van der Waals surface area contributed by atoms with Gasteiger partial charge < -0.3 is 15.0 Å². The number of amides is 2. The summed E-state index contributed by atoms with van der Waals surface area (Å²) in [6.45, 7) is 8.19. The van der Waals surface area contributed by atoms with Crippen molar-refractivity contribution in [1.82, 2.24) is 15.1 Å². The van der Waals surface area contributed by atoms with E-state index in [9.17, 15) is 9.59 Å². The van der Waals surface area contributed by atoms with E-state index in [1.807, 2.05) is 11.8 Å². The molecular weight excluding hydrogens is 294 g/mol. The van der Waals surface area contributed by atoms with Crippen LogP contribution in [0.25, 0.3) is 0 Å². The Hall–Kier alpha value is -1.14. The third-order valence-corrected chi connectivity index (χ3v) is 4.82. The van der Waals surface area contributed by atoms with Gasteiger partial charge in [0, 0.05) is 38.8 Å². The first-order chi connectivity index (χ1) is 11.1. The predicted octanol–water partition coefficient (Wildman–Crippen LogP) is 0.862. The molecule has 0 aromatic rings. The summed E-state index contributed by atoms with van der Waals surface area (Å²) in [4.78, 5) is 28.0. The van der Waals surface area contributed by atoms with Crippen LogP contribution in [0.15, 0.2) is 0 Å². The van der Waals surface area contributed by atoms with Crippen LogP contribution in [0, 0.1) is 5.92 Å². The van der Waals surface area contributed by atoms with Gasteiger partial charge in [0.05, 0.1) is 6.54 Å². The first kappa shape index (κ1) is 18.2. The second-order valence-corrected chi connectivity index (χ2v) is 6.83. The van der Waals surface area contributed by atoms with Crippen LogP contribution in [0.5, 0.6) is 0 Å². The SMILES string of the molecule is CCOCC(=O)N1CCN(CC(=O)NC2CCCC(C)C2)CC1. The van der Waals surface area contributed by atoms with Crippen molar-refractivity contribution in [3.05, 3.63) is 0 Å². The number of rotatable bonds is 6. The van der Waals surface area contributed by atoms with E-state index < -0.39 is 0 Å². The molecule has 0 spiro atoms. The lowest BCUT2D eigenvalue weighted by Crippen LogP contribution is -2.52. The van der Waals surface area contributed by atoms with E-state index in [4.69, 9.17) is 4.74 Å². The topological polar surface area (TPSA) is 61.9 Å². The summed E-state index contributed by atoms with van der Waals surface area (Å²) in [6, 6.07) is 0.348. The van der Waals surface area contributed by atoms with Gasteiger partial charge in [-0.1, -0.05) is 19.8 Å². The van der Waals surface area contributed by atoms with Crippen LogP contribution in [-0.2, 0) is 14.3 Å². The fourth-order valence-electron chi connectivity index (χ4n) is 3.48. The Balaban J connectivity index is 1.65. The van der Waals surface area contributed by atoms with Crippen molar-refractivity contribution >= 4 is 11.8 Å². The van der Waals surface area contributed by atoms with Crippen molar-refractivity contribution in [1.29, 1.82) is 0 Å². The van der Waals surface area contributed by atoms with Crippen LogP contribution in [-0.4, -0.2) is 73.6 Å². The average molecular weight is 325 g/mol. The standard InChI is InChI=1S/C17H31N3O3/c1-3-23-13-17(22)20-9-7-19(8-10-20)12-16(21)18-15-6-4-5-14(2)11-15/h14-15H,3-13H2,1-2H3,(H,18,21). The van der Waals surface area contributed by atoms with Gasteiger partial charge in [-0.3, -0.25) is 14.5 Å². The Morgan fingerprint density at radius 1 is 1.17 bits per heavy atom. The minimum Gasteiger partial charge on any atom is -0.372 e. The molecule has 1 aliphatic carbocycles. The molecule has 1 N–H and O–H groups in total. The molecule has 2 rings (SSSR count). The van der Waals surface area contributed by atoms with Crippen molar-refractivity contribution < 1.29 is 14.3 Å². The third-order valence-electron chi connectivity index (χ3n) is 4.82. The summed E-state index contributed by atoms with van der Waals surface area (Å²) in [5, 5.41) is 3.18. The van der Waals surface area contributed by atoms with Crippen molar-refractivity contribution in [3.63, 3.8) is 0 Å². The van der Waals surface area contributed by atoms with Crippen molar-refractivity contribution in [3.8, 4) is 0 Å². The molecule has 6 nitrogen and oxygen atoms in total. The molecule has 2 aliphatic rings. The van der Waals surface area contributed by atoms with Crippen LogP contribution in [0.3, 0.4) is 0 Å². The second-order valence-electron chi connectivity index (χ2n) is 6.83. The summed E-state index contributed by atoms with van der Waals surface area (Å²) >= 11 is 0. The normalized spacial score (nSPS) is 26.1. The van der Waals surface area contributed by atoms with Crippen molar-refractivity contribution in [2.24, 2.45) is 5.92 Å². The number of ether oxygens (including phenoxy) is 1. The lowest BCUT2D eigenvalue weighted by Gasteiger charge is -2.35. The van der Waals surface area contributed by atoms with Crippen LogP contribution >= 0.6 is 0 Å². The number of carbonyl (C=O) groups excluding carboxylic acids is 2. The predicted molar refractivity (Wildman–Crippen MR) is 89.1 cm³/mol. The Bertz CT molecular complexity index is 395. The largest absolute Gasteiger partial charge is 0.372 e. The van der Waals surface area contributed by atoms with E-state index in [2.05, 4.69) is 17.1 Å². The van der Waals surface area contributed by atoms with Gasteiger partial charge in [0.25, 0.3) is 0 Å². The molecule has 2 unspecified atom stereocenters. The average Bonchev–Trinajstić information content (AvgIpc) is 2.53. The number of nitrogens with zero attached hydrogens (tertiary/aromatic N) is 2. The quantitative estimate of drug-likeness (QED) is 0.787. The number of nitrogens with one attached hydrogen (secondary N) is 1. The van der Waals surface area contributed by atoms with E-state index in [1.165, 1.54) is 12.8 Å². The highest BCUT2D eigenvalue weighted by Gasteiger charge is 2.24. The van der Waals surface area contributed by atoms with Crippen LogP contribution in [0.4, 0.5) is 0 Å². The minimum absolute atomic E-state index is 0.0483. The smallest absolute Gasteiger partial charge is 0.248 e. The molecule has 0 aromatic carbocycles. The fourth-order valence-corrected chi connectivity index (χ4v) is 3.48. The maximum Gasteiger partial charge on any atom is 0.248 e. The van der Waals surface area contributed by atoms with Gasteiger partial charge in [-0.2, -0.15) is 0 Å². The molecule has 1 aliphatic heterocycles. The van der Waals surface area contributed by atoms with Crippen molar-refractivity contribution in [2.45, 2.75) is 45.6 Å². The van der Waals surface area contributed by atoms with Crippen LogP contribution in [0.1, 0.15) is 39.5 Å². The van der Waals surface area contributed by atoms with Gasteiger partial charge in [-0.25, -0.2) is 0 Å². The van der Waals surface area contributed by atoms with E-state index in [-0.39, 0.29) is 18.4 Å². The second kappa shape index (κ2) is 9.23. The monoisotopic (exact) mass is 325 g/mol. The van der Waals surface area contributed by atoms with Crippen LogP contribution in [0.2, 0.25) is 0 Å². The zero-order valence-electron chi connectivity index (χ0n) is 14.6. The molecule has 1 saturated heterocycles. The Labute approximate surface area is 139 Å². The van der Waals surface area contributed by atoms with Crippen molar-refractivity contribution in [2.75, 3.05) is 45.9 Å². The van der Waals surface area contributed by atoms with Gasteiger partial charge in [0.2, 0.25) is 11.8 Å². The number of piperazine rings is 1. The molecule has 6 heteroatoms. The molecule has 1 heterocycles. The molecular formula is C17H31N3O3. The molecule has 2 amide bonds. The Morgan fingerprint density at radius 3 is 2.57 bits per heavy atom. The first-order valence-electron chi connectivity index (χ1n) is 8.95. The zero-order valence-corrected chi connectivity index (χ0v) is 14.6. The van der Waals surface area contributed by atoms with Gasteiger partial charge in [-0.15, -0.1) is 0 Å².